The van der Waals surface area contributed by atoms with E-state index in [9.17, 15) is 9.90 Å². The monoisotopic (exact) mass is 560 g/mol. The number of benzene rings is 1. The maximum Gasteiger partial charge on any atom is 0.412 e. The highest BCUT2D eigenvalue weighted by molar-refractivity contribution is 7.97. The number of rotatable bonds is 11. The average Bonchev–Trinajstić information content (AvgIpc) is 2.82. The second kappa shape index (κ2) is 22.0. The van der Waals surface area contributed by atoms with Gasteiger partial charge in [0.1, 0.15) is 17.1 Å². The summed E-state index contributed by atoms with van der Waals surface area (Å²) in [4.78, 5) is 15.1. The molecule has 0 atom stereocenters. The summed E-state index contributed by atoms with van der Waals surface area (Å²) in [7, 11) is 1.66. The van der Waals surface area contributed by atoms with Crippen molar-refractivity contribution in [3.63, 3.8) is 0 Å². The van der Waals surface area contributed by atoms with Gasteiger partial charge in [-0.05, 0) is 97.0 Å². The van der Waals surface area contributed by atoms with Gasteiger partial charge in [0.25, 0.3) is 0 Å². The van der Waals surface area contributed by atoms with Crippen molar-refractivity contribution in [3.8, 4) is 31.4 Å². The van der Waals surface area contributed by atoms with E-state index in [4.69, 9.17) is 9.47 Å². The summed E-state index contributed by atoms with van der Waals surface area (Å²) in [5.74, 6) is 1.35. The Balaban J connectivity index is -0.00000112. The molecule has 39 heavy (non-hydrogen) atoms. The van der Waals surface area contributed by atoms with Crippen LogP contribution in [0.15, 0.2) is 53.5 Å². The lowest BCUT2D eigenvalue weighted by molar-refractivity contribution is -0.0827. The SMILES string of the molecule is C#C.C#C.C=C(C)/C=C\C.COc1ccc(SN(CCCN(C(=O)OC(C)(C)C)C(C)(C)O)CC(C)C)cc1. The van der Waals surface area contributed by atoms with E-state index in [2.05, 4.69) is 50.4 Å². The molecule has 6 nitrogen and oxygen atoms in total. The van der Waals surface area contributed by atoms with Crippen molar-refractivity contribution in [2.24, 2.45) is 5.92 Å². The molecule has 0 saturated carbocycles. The first-order valence-corrected chi connectivity index (χ1v) is 13.6. The van der Waals surface area contributed by atoms with Crippen molar-refractivity contribution in [3.05, 3.63) is 48.6 Å². The van der Waals surface area contributed by atoms with Crippen molar-refractivity contribution >= 4 is 18.0 Å². The number of aliphatic hydroxyl groups is 1. The standard InChI is InChI=1S/C22H38N2O4S.C6H10.2C2H2/c1-17(2)16-23(29-19-12-10-18(27-8)11-13-19)14-9-15-24(22(6,7)26)20(25)28-21(3,4)5;1-4-5-6(2)3;2*1-2/h10-13,17,26H,9,14-16H2,1-8H3;4-5H,2H2,1,3H3;2*1-2H/b;5-4-;;. The second-order valence-corrected chi connectivity index (χ2v) is 11.5. The van der Waals surface area contributed by atoms with Gasteiger partial charge in [-0.15, -0.1) is 25.7 Å². The summed E-state index contributed by atoms with van der Waals surface area (Å²) >= 11 is 1.69. The van der Waals surface area contributed by atoms with E-state index in [1.807, 2.05) is 71.0 Å². The van der Waals surface area contributed by atoms with Crippen LogP contribution in [0.1, 0.15) is 68.7 Å². The van der Waals surface area contributed by atoms with E-state index in [1.54, 1.807) is 32.9 Å². The van der Waals surface area contributed by atoms with Gasteiger partial charge in [0, 0.05) is 24.5 Å². The van der Waals surface area contributed by atoms with Crippen LogP contribution in [0.3, 0.4) is 0 Å². The van der Waals surface area contributed by atoms with Crippen LogP contribution in [0, 0.1) is 31.6 Å². The molecule has 1 rings (SSSR count). The first-order valence-electron chi connectivity index (χ1n) is 12.8. The number of hydrogen-bond acceptors (Lipinski definition) is 6. The lowest BCUT2D eigenvalue weighted by Crippen LogP contribution is -2.50. The number of allylic oxidation sites excluding steroid dienone is 3. The zero-order valence-corrected chi connectivity index (χ0v) is 26.7. The molecule has 0 saturated heterocycles. The van der Waals surface area contributed by atoms with Gasteiger partial charge in [0.05, 0.1) is 7.11 Å². The van der Waals surface area contributed by atoms with E-state index in [0.717, 1.165) is 35.7 Å². The molecule has 0 aliphatic heterocycles. The predicted molar refractivity (Wildman–Crippen MR) is 169 cm³/mol. The number of terminal acetylenes is 2. The van der Waals surface area contributed by atoms with Crippen LogP contribution in [0.2, 0.25) is 0 Å². The molecule has 0 unspecified atom stereocenters. The Kier molecular flexibility index (Phi) is 23.0. The van der Waals surface area contributed by atoms with Gasteiger partial charge in [0.2, 0.25) is 0 Å². The molecule has 0 fully saturated rings. The molecule has 1 aromatic carbocycles. The fourth-order valence-corrected chi connectivity index (χ4v) is 4.11. The van der Waals surface area contributed by atoms with Crippen molar-refractivity contribution in [1.29, 1.82) is 0 Å². The Bertz CT molecular complexity index is 854. The number of nitrogens with zero attached hydrogens (tertiary/aromatic N) is 2. The van der Waals surface area contributed by atoms with Crippen LogP contribution in [0.4, 0.5) is 4.79 Å². The zero-order valence-electron chi connectivity index (χ0n) is 25.9. The van der Waals surface area contributed by atoms with Crippen LogP contribution >= 0.6 is 11.9 Å². The smallest absolute Gasteiger partial charge is 0.412 e. The topological polar surface area (TPSA) is 62.2 Å². The minimum absolute atomic E-state index is 0.413. The summed E-state index contributed by atoms with van der Waals surface area (Å²) in [6.45, 7) is 22.8. The number of carbonyl (C=O) groups is 1. The summed E-state index contributed by atoms with van der Waals surface area (Å²) < 4.78 is 13.0. The third-order valence-corrected chi connectivity index (χ3v) is 5.45. The van der Waals surface area contributed by atoms with Crippen molar-refractivity contribution < 1.29 is 19.4 Å². The Hall–Kier alpha value is -2.84. The molecule has 7 heteroatoms. The maximum absolute atomic E-state index is 12.5. The number of amides is 1. The molecule has 0 bridgehead atoms. The lowest BCUT2D eigenvalue weighted by atomic mass is 10.2. The van der Waals surface area contributed by atoms with Crippen LogP contribution in [-0.4, -0.2) is 58.5 Å². The fraction of sp³-hybridized carbons (Fsp3) is 0.531. The summed E-state index contributed by atoms with van der Waals surface area (Å²) in [5, 5.41) is 10.4. The molecule has 1 aromatic rings. The summed E-state index contributed by atoms with van der Waals surface area (Å²) in [6.07, 6.45) is 20.2. The van der Waals surface area contributed by atoms with Gasteiger partial charge in [-0.25, -0.2) is 9.10 Å². The van der Waals surface area contributed by atoms with Gasteiger partial charge in [-0.1, -0.05) is 38.2 Å². The third kappa shape index (κ3) is 22.8. The highest BCUT2D eigenvalue weighted by atomic mass is 32.2. The molecule has 0 heterocycles. The first kappa shape index (κ1) is 40.7. The molecule has 220 valence electrons. The molecule has 0 aromatic heterocycles. The quantitative estimate of drug-likeness (QED) is 0.130. The molecule has 0 aliphatic rings. The number of methoxy groups -OCH3 is 1. The summed E-state index contributed by atoms with van der Waals surface area (Å²) in [6, 6.07) is 7.99. The van der Waals surface area contributed by atoms with E-state index >= 15 is 0 Å². The Labute approximate surface area is 244 Å². The predicted octanol–water partition coefficient (Wildman–Crippen LogP) is 7.65. The molecule has 1 N–H and O–H groups in total. The molecule has 0 spiro atoms. The molecule has 0 radical (unpaired) electrons. The Morgan fingerprint density at radius 3 is 1.92 bits per heavy atom. The summed E-state index contributed by atoms with van der Waals surface area (Å²) in [5.41, 5.74) is -0.777. The largest absolute Gasteiger partial charge is 0.497 e. The maximum atomic E-state index is 12.5. The van der Waals surface area contributed by atoms with Gasteiger partial charge in [-0.3, -0.25) is 4.90 Å². The minimum atomic E-state index is -1.28. The van der Waals surface area contributed by atoms with Gasteiger partial charge in [-0.2, -0.15) is 0 Å². The number of carbonyl (C=O) groups excluding carboxylic acids is 1. The van der Waals surface area contributed by atoms with Gasteiger partial charge < -0.3 is 14.6 Å². The van der Waals surface area contributed by atoms with Crippen molar-refractivity contribution in [2.75, 3.05) is 26.7 Å². The Morgan fingerprint density at radius 2 is 1.59 bits per heavy atom. The zero-order chi connectivity index (χ0) is 31.2. The highest BCUT2D eigenvalue weighted by Gasteiger charge is 2.32. The molecular formula is C32H52N2O4S. The van der Waals surface area contributed by atoms with Crippen molar-refractivity contribution in [1.82, 2.24) is 9.21 Å². The van der Waals surface area contributed by atoms with Gasteiger partial charge >= 0.3 is 6.09 Å². The van der Waals surface area contributed by atoms with Gasteiger partial charge in [0.15, 0.2) is 0 Å². The van der Waals surface area contributed by atoms with E-state index in [1.165, 1.54) is 4.90 Å². The average molecular weight is 561 g/mol. The van der Waals surface area contributed by atoms with Crippen LogP contribution in [-0.2, 0) is 4.74 Å². The van der Waals surface area contributed by atoms with Crippen LogP contribution in [0.25, 0.3) is 0 Å². The van der Waals surface area contributed by atoms with Crippen molar-refractivity contribution in [2.45, 2.75) is 85.0 Å². The number of ether oxygens (including phenoxy) is 2. The molecular weight excluding hydrogens is 508 g/mol. The lowest BCUT2D eigenvalue weighted by Gasteiger charge is -2.36. The second-order valence-electron chi connectivity index (χ2n) is 10.4. The van der Waals surface area contributed by atoms with E-state index < -0.39 is 17.4 Å². The normalized spacial score (nSPS) is 10.8. The molecule has 0 aliphatic carbocycles. The number of hydrogen-bond donors (Lipinski definition) is 1. The van der Waals surface area contributed by atoms with Crippen LogP contribution in [0.5, 0.6) is 5.75 Å². The third-order valence-electron chi connectivity index (χ3n) is 4.38. The fourth-order valence-electron chi connectivity index (χ4n) is 2.96. The minimum Gasteiger partial charge on any atom is -0.497 e. The van der Waals surface area contributed by atoms with E-state index in [-0.39, 0.29) is 0 Å². The van der Waals surface area contributed by atoms with E-state index in [0.29, 0.717) is 12.5 Å². The highest BCUT2D eigenvalue weighted by Crippen LogP contribution is 2.26. The Morgan fingerprint density at radius 1 is 1.08 bits per heavy atom. The van der Waals surface area contributed by atoms with Crippen LogP contribution < -0.4 is 4.74 Å². The molecule has 1 amide bonds. The first-order chi connectivity index (χ1) is 18.1.